The molecule has 0 saturated heterocycles. The van der Waals surface area contributed by atoms with Crippen LogP contribution in [0.25, 0.3) is 0 Å². The molecule has 0 aromatic heterocycles. The van der Waals surface area contributed by atoms with Gasteiger partial charge in [0.05, 0.1) is 0 Å². The third-order valence-corrected chi connectivity index (χ3v) is 7.25. The number of aliphatic carboxylic acids is 2. The van der Waals surface area contributed by atoms with Crippen molar-refractivity contribution in [3.8, 4) is 0 Å². The van der Waals surface area contributed by atoms with Crippen LogP contribution in [0.15, 0.2) is 0 Å². The molecule has 2 atom stereocenters. The van der Waals surface area contributed by atoms with E-state index in [1.807, 2.05) is 0 Å². The van der Waals surface area contributed by atoms with Crippen LogP contribution < -0.4 is 0 Å². The van der Waals surface area contributed by atoms with Crippen LogP contribution in [0.3, 0.4) is 0 Å². The number of rotatable bonds is 29. The molecule has 0 radical (unpaired) electrons. The number of phosphoric acid groups is 1. The van der Waals surface area contributed by atoms with Crippen LogP contribution in [0.5, 0.6) is 0 Å². The van der Waals surface area contributed by atoms with Gasteiger partial charge < -0.3 is 34.4 Å². The van der Waals surface area contributed by atoms with E-state index in [0.29, 0.717) is 12.8 Å². The summed E-state index contributed by atoms with van der Waals surface area (Å²) in [5.74, 6) is -4.89. The van der Waals surface area contributed by atoms with Crippen molar-refractivity contribution >= 4 is 31.7 Å². The number of carbonyl (C=O) groups excluding carboxylic acids is 2. The number of hydrogen-bond donors (Lipinski definition) is 5. The third kappa shape index (κ3) is 34.7. The van der Waals surface area contributed by atoms with Crippen molar-refractivity contribution in [1.82, 2.24) is 0 Å². The number of ether oxygens (including phenoxy) is 2. The van der Waals surface area contributed by atoms with Crippen molar-refractivity contribution in [3.63, 3.8) is 0 Å². The molecule has 13 heteroatoms. The zero-order chi connectivity index (χ0) is 34.3. The molecule has 0 rings (SSSR count). The fourth-order valence-electron chi connectivity index (χ4n) is 4.75. The van der Waals surface area contributed by atoms with E-state index < -0.39 is 43.9 Å². The zero-order valence-corrected chi connectivity index (χ0v) is 28.6. The van der Waals surface area contributed by atoms with Crippen LogP contribution in [0.2, 0.25) is 0 Å². The Kier molecular flexibility index (Phi) is 30.7. The van der Waals surface area contributed by atoms with Gasteiger partial charge in [-0.05, 0) is 12.8 Å². The highest BCUT2D eigenvalue weighted by Crippen LogP contribution is 2.25. The van der Waals surface area contributed by atoms with E-state index in [1.165, 1.54) is 89.9 Å². The first-order valence-corrected chi connectivity index (χ1v) is 18.5. The molecule has 45 heavy (non-hydrogen) atoms. The molecule has 0 spiro atoms. The number of carbonyl (C=O) groups is 4. The Morgan fingerprint density at radius 3 is 0.867 bits per heavy atom. The van der Waals surface area contributed by atoms with E-state index in [9.17, 15) is 29.4 Å². The molecule has 2 unspecified atom stereocenters. The molecule has 0 aromatic rings. The summed E-state index contributed by atoms with van der Waals surface area (Å²) in [6, 6.07) is 0. The highest BCUT2D eigenvalue weighted by atomic mass is 31.2. The first-order chi connectivity index (χ1) is 21.3. The maximum atomic E-state index is 12.2. The minimum Gasteiger partial charge on any atom is -0.478 e. The van der Waals surface area contributed by atoms with Crippen molar-refractivity contribution in [2.45, 2.75) is 180 Å². The van der Waals surface area contributed by atoms with Crippen molar-refractivity contribution in [1.29, 1.82) is 0 Å². The van der Waals surface area contributed by atoms with E-state index in [4.69, 9.17) is 28.7 Å². The second-order valence-electron chi connectivity index (χ2n) is 11.6. The molecule has 0 amide bonds. The first kappa shape index (κ1) is 45.1. The van der Waals surface area contributed by atoms with Gasteiger partial charge in [0.25, 0.3) is 0 Å². The molecule has 266 valence electrons. The van der Waals surface area contributed by atoms with E-state index in [1.54, 1.807) is 0 Å². The molecule has 0 bridgehead atoms. The van der Waals surface area contributed by atoms with Gasteiger partial charge in [0.2, 0.25) is 12.2 Å². The van der Waals surface area contributed by atoms with Crippen molar-refractivity contribution < 1.29 is 58.1 Å². The topological polar surface area (TPSA) is 205 Å². The largest absolute Gasteiger partial charge is 0.478 e. The zero-order valence-electron chi connectivity index (χ0n) is 27.7. The van der Waals surface area contributed by atoms with Gasteiger partial charge in [-0.3, -0.25) is 9.59 Å². The van der Waals surface area contributed by atoms with Gasteiger partial charge in [-0.25, -0.2) is 14.2 Å². The maximum absolute atomic E-state index is 12.2. The summed E-state index contributed by atoms with van der Waals surface area (Å²) in [5, 5.41) is 18.9. The van der Waals surface area contributed by atoms with Crippen LogP contribution in [-0.4, -0.2) is 61.0 Å². The SMILES string of the molecule is CCCCCCCCCCCCCC(=O)OC(C(=O)O)C(OC(=O)CCCCCCCCCCCCC)C(=O)O.O=P(O)(O)O. The molecule has 0 aromatic carbocycles. The molecule has 0 aliphatic heterocycles. The van der Waals surface area contributed by atoms with E-state index in [-0.39, 0.29) is 12.8 Å². The van der Waals surface area contributed by atoms with Gasteiger partial charge in [-0.15, -0.1) is 0 Å². The minimum atomic E-state index is -4.64. The van der Waals surface area contributed by atoms with Gasteiger partial charge in [0, 0.05) is 12.8 Å². The Morgan fingerprint density at radius 1 is 0.467 bits per heavy atom. The quantitative estimate of drug-likeness (QED) is 0.0299. The Labute approximate surface area is 269 Å². The van der Waals surface area contributed by atoms with Crippen LogP contribution >= 0.6 is 7.82 Å². The summed E-state index contributed by atoms with van der Waals surface area (Å²) in [5.41, 5.74) is 0. The molecule has 0 heterocycles. The van der Waals surface area contributed by atoms with Gasteiger partial charge in [0.15, 0.2) is 0 Å². The van der Waals surface area contributed by atoms with Crippen LogP contribution in [-0.2, 0) is 33.2 Å². The molecule has 12 nitrogen and oxygen atoms in total. The van der Waals surface area contributed by atoms with Gasteiger partial charge in [-0.2, -0.15) is 0 Å². The predicted octanol–water partition coefficient (Wildman–Crippen LogP) is 7.45. The lowest BCUT2D eigenvalue weighted by Crippen LogP contribution is -2.45. The lowest BCUT2D eigenvalue weighted by atomic mass is 10.1. The average molecular weight is 669 g/mol. The molecule has 0 aliphatic carbocycles. The summed E-state index contributed by atoms with van der Waals surface area (Å²) in [6.45, 7) is 4.41. The molecular formula is C32H61O12P. The van der Waals surface area contributed by atoms with Crippen LogP contribution in [0.4, 0.5) is 0 Å². The Hall–Kier alpha value is -2.01. The number of carboxylic acid groups (broad SMARTS) is 2. The fraction of sp³-hybridized carbons (Fsp3) is 0.875. The molecule has 0 saturated carbocycles. The number of unbranched alkanes of at least 4 members (excludes halogenated alkanes) is 20. The standard InChI is InChI=1S/C32H58O8.H3O4P/c1-3-5-7-9-11-13-15-17-19-21-23-25-27(33)39-29(31(35)36)30(32(37)38)40-28(34)26-24-22-20-18-16-14-12-10-8-6-4-2;1-5(2,3)4/h29-30H,3-26H2,1-2H3,(H,35,36)(H,37,38);(H3,1,2,3,4). The van der Waals surface area contributed by atoms with E-state index in [2.05, 4.69) is 13.8 Å². The summed E-state index contributed by atoms with van der Waals surface area (Å²) < 4.78 is 18.8. The Balaban J connectivity index is 0. The second kappa shape index (κ2) is 30.6. The molecule has 0 fully saturated rings. The summed E-state index contributed by atoms with van der Waals surface area (Å²) in [4.78, 5) is 69.3. The van der Waals surface area contributed by atoms with Gasteiger partial charge in [-0.1, -0.05) is 142 Å². The molecule has 5 N–H and O–H groups in total. The van der Waals surface area contributed by atoms with Gasteiger partial charge in [0.1, 0.15) is 0 Å². The van der Waals surface area contributed by atoms with Crippen LogP contribution in [0, 0.1) is 0 Å². The van der Waals surface area contributed by atoms with Crippen molar-refractivity contribution in [2.75, 3.05) is 0 Å². The smallest absolute Gasteiger partial charge is 0.466 e. The van der Waals surface area contributed by atoms with E-state index in [0.717, 1.165) is 38.5 Å². The number of carboxylic acids is 2. The molecule has 0 aliphatic rings. The maximum Gasteiger partial charge on any atom is 0.466 e. The minimum absolute atomic E-state index is 0.000175. The first-order valence-electron chi connectivity index (χ1n) is 17.0. The van der Waals surface area contributed by atoms with Crippen molar-refractivity contribution in [3.05, 3.63) is 0 Å². The Morgan fingerprint density at radius 2 is 0.667 bits per heavy atom. The second-order valence-corrected chi connectivity index (χ2v) is 12.6. The highest BCUT2D eigenvalue weighted by Gasteiger charge is 2.40. The Bertz CT molecular complexity index is 750. The lowest BCUT2D eigenvalue weighted by Gasteiger charge is -2.21. The predicted molar refractivity (Wildman–Crippen MR) is 171 cm³/mol. The normalized spacial score (nSPS) is 12.5. The summed E-state index contributed by atoms with van der Waals surface area (Å²) in [7, 11) is -4.64. The number of esters is 2. The third-order valence-electron chi connectivity index (χ3n) is 7.25. The average Bonchev–Trinajstić information content (AvgIpc) is 2.95. The van der Waals surface area contributed by atoms with Crippen LogP contribution in [0.1, 0.15) is 168 Å². The fourth-order valence-corrected chi connectivity index (χ4v) is 4.75. The van der Waals surface area contributed by atoms with Gasteiger partial charge >= 0.3 is 31.7 Å². The number of hydrogen-bond acceptors (Lipinski definition) is 7. The summed E-state index contributed by atoms with van der Waals surface area (Å²) >= 11 is 0. The van der Waals surface area contributed by atoms with E-state index >= 15 is 0 Å². The van der Waals surface area contributed by atoms with Crippen molar-refractivity contribution in [2.24, 2.45) is 0 Å². The lowest BCUT2D eigenvalue weighted by molar-refractivity contribution is -0.187. The highest BCUT2D eigenvalue weighted by molar-refractivity contribution is 7.45. The monoisotopic (exact) mass is 668 g/mol. The summed E-state index contributed by atoms with van der Waals surface area (Å²) in [6.07, 6.45) is 20.3. The molecular weight excluding hydrogens is 607 g/mol.